The molecule has 2 aliphatic heterocycles. The van der Waals surface area contributed by atoms with Crippen molar-refractivity contribution in [3.05, 3.63) is 0 Å². The zero-order chi connectivity index (χ0) is 11.3. The van der Waals surface area contributed by atoms with E-state index in [1.165, 1.54) is 19.3 Å². The zero-order valence-corrected chi connectivity index (χ0v) is 10.2. The van der Waals surface area contributed by atoms with Gasteiger partial charge in [0.2, 0.25) is 0 Å². The zero-order valence-electron chi connectivity index (χ0n) is 10.2. The summed E-state index contributed by atoms with van der Waals surface area (Å²) in [7, 11) is 0. The second-order valence-electron chi connectivity index (χ2n) is 5.92. The standard InChI is InChI=1S/C13H22O3/c1-8-3-4-11-9(2)12(14)15-7-13(11)10(8)5-6-16-13/h8-12,14H,3-7H2,1-2H3/t8-,9-,10+,11+,12+,13-/m1/s1. The Labute approximate surface area is 97.1 Å². The van der Waals surface area contributed by atoms with Crippen LogP contribution in [0.4, 0.5) is 0 Å². The van der Waals surface area contributed by atoms with Gasteiger partial charge in [-0.2, -0.15) is 0 Å². The molecule has 1 spiro atoms. The van der Waals surface area contributed by atoms with E-state index >= 15 is 0 Å². The molecule has 1 saturated carbocycles. The Hall–Kier alpha value is -0.120. The van der Waals surface area contributed by atoms with E-state index in [1.807, 2.05) is 0 Å². The van der Waals surface area contributed by atoms with Gasteiger partial charge in [0.05, 0.1) is 12.2 Å². The monoisotopic (exact) mass is 226 g/mol. The Balaban J connectivity index is 1.93. The van der Waals surface area contributed by atoms with E-state index in [0.717, 1.165) is 12.5 Å². The summed E-state index contributed by atoms with van der Waals surface area (Å²) in [6.07, 6.45) is 3.04. The van der Waals surface area contributed by atoms with E-state index < -0.39 is 6.29 Å². The molecule has 16 heavy (non-hydrogen) atoms. The van der Waals surface area contributed by atoms with Crippen LogP contribution >= 0.6 is 0 Å². The fourth-order valence-corrected chi connectivity index (χ4v) is 4.29. The maximum absolute atomic E-state index is 9.82. The highest BCUT2D eigenvalue weighted by molar-refractivity contribution is 5.06. The lowest BCUT2D eigenvalue weighted by molar-refractivity contribution is -0.270. The van der Waals surface area contributed by atoms with Gasteiger partial charge < -0.3 is 14.6 Å². The Kier molecular flexibility index (Phi) is 2.54. The van der Waals surface area contributed by atoms with Gasteiger partial charge in [-0.1, -0.05) is 13.8 Å². The first-order chi connectivity index (χ1) is 7.65. The molecule has 0 aromatic carbocycles. The van der Waals surface area contributed by atoms with Crippen LogP contribution in [0.3, 0.4) is 0 Å². The Bertz CT molecular complexity index is 280. The summed E-state index contributed by atoms with van der Waals surface area (Å²) in [4.78, 5) is 0. The number of aliphatic hydroxyl groups is 1. The quantitative estimate of drug-likeness (QED) is 0.684. The van der Waals surface area contributed by atoms with Gasteiger partial charge in [-0.25, -0.2) is 0 Å². The lowest BCUT2D eigenvalue weighted by atomic mass is 9.60. The molecule has 2 heterocycles. The molecule has 1 aliphatic carbocycles. The molecule has 1 N–H and O–H groups in total. The highest BCUT2D eigenvalue weighted by Gasteiger charge is 2.59. The summed E-state index contributed by atoms with van der Waals surface area (Å²) in [6, 6.07) is 0. The molecule has 0 bridgehead atoms. The molecule has 3 rings (SSSR count). The van der Waals surface area contributed by atoms with Crippen LogP contribution in [0.1, 0.15) is 33.1 Å². The van der Waals surface area contributed by atoms with Gasteiger partial charge in [0.15, 0.2) is 6.29 Å². The molecule has 3 fully saturated rings. The topological polar surface area (TPSA) is 38.7 Å². The van der Waals surface area contributed by atoms with Crippen molar-refractivity contribution in [1.29, 1.82) is 0 Å². The molecule has 92 valence electrons. The van der Waals surface area contributed by atoms with Crippen LogP contribution in [0.15, 0.2) is 0 Å². The molecular weight excluding hydrogens is 204 g/mol. The smallest absolute Gasteiger partial charge is 0.157 e. The van der Waals surface area contributed by atoms with Gasteiger partial charge in [-0.3, -0.25) is 0 Å². The normalized spacial score (nSPS) is 56.8. The molecular formula is C13H22O3. The van der Waals surface area contributed by atoms with Crippen molar-refractivity contribution in [2.24, 2.45) is 23.7 Å². The van der Waals surface area contributed by atoms with Crippen molar-refractivity contribution in [3.63, 3.8) is 0 Å². The largest absolute Gasteiger partial charge is 0.372 e. The van der Waals surface area contributed by atoms with Gasteiger partial charge in [-0.05, 0) is 37.0 Å². The van der Waals surface area contributed by atoms with Crippen LogP contribution < -0.4 is 0 Å². The Morgan fingerprint density at radius 3 is 2.75 bits per heavy atom. The third-order valence-corrected chi connectivity index (χ3v) is 5.24. The second kappa shape index (κ2) is 3.69. The van der Waals surface area contributed by atoms with Gasteiger partial charge >= 0.3 is 0 Å². The molecule has 0 amide bonds. The first-order valence-electron chi connectivity index (χ1n) is 6.59. The summed E-state index contributed by atoms with van der Waals surface area (Å²) in [6.45, 7) is 5.91. The molecule has 0 aromatic rings. The summed E-state index contributed by atoms with van der Waals surface area (Å²) >= 11 is 0. The van der Waals surface area contributed by atoms with Crippen LogP contribution in [-0.2, 0) is 9.47 Å². The van der Waals surface area contributed by atoms with Gasteiger partial charge in [0.1, 0.15) is 0 Å². The molecule has 6 atom stereocenters. The average molecular weight is 226 g/mol. The molecule has 3 heteroatoms. The lowest BCUT2D eigenvalue weighted by Gasteiger charge is -2.53. The highest BCUT2D eigenvalue weighted by atomic mass is 16.6. The minimum atomic E-state index is -0.589. The van der Waals surface area contributed by atoms with E-state index in [9.17, 15) is 5.11 Å². The van der Waals surface area contributed by atoms with E-state index in [4.69, 9.17) is 9.47 Å². The highest BCUT2D eigenvalue weighted by Crippen LogP contribution is 2.54. The predicted octanol–water partition coefficient (Wildman–Crippen LogP) is 1.79. The fourth-order valence-electron chi connectivity index (χ4n) is 4.29. The number of hydrogen-bond donors (Lipinski definition) is 1. The van der Waals surface area contributed by atoms with Crippen molar-refractivity contribution in [2.45, 2.75) is 45.0 Å². The first-order valence-corrected chi connectivity index (χ1v) is 6.59. The van der Waals surface area contributed by atoms with E-state index in [-0.39, 0.29) is 11.5 Å². The Morgan fingerprint density at radius 1 is 1.12 bits per heavy atom. The number of aliphatic hydroxyl groups excluding tert-OH is 1. The van der Waals surface area contributed by atoms with Crippen LogP contribution in [0, 0.1) is 23.7 Å². The molecule has 3 nitrogen and oxygen atoms in total. The van der Waals surface area contributed by atoms with Crippen LogP contribution in [0.5, 0.6) is 0 Å². The first kappa shape index (κ1) is 11.0. The van der Waals surface area contributed by atoms with Crippen LogP contribution in [0.2, 0.25) is 0 Å². The number of rotatable bonds is 0. The van der Waals surface area contributed by atoms with Gasteiger partial charge in [0.25, 0.3) is 0 Å². The molecule has 0 unspecified atom stereocenters. The summed E-state index contributed by atoms with van der Waals surface area (Å²) < 4.78 is 11.6. The minimum Gasteiger partial charge on any atom is -0.372 e. The maximum atomic E-state index is 9.82. The third kappa shape index (κ3) is 1.31. The van der Waals surface area contributed by atoms with Crippen molar-refractivity contribution < 1.29 is 14.6 Å². The molecule has 3 aliphatic rings. The van der Waals surface area contributed by atoms with E-state index in [0.29, 0.717) is 18.4 Å². The minimum absolute atomic E-state index is 0.0731. The van der Waals surface area contributed by atoms with Crippen molar-refractivity contribution >= 4 is 0 Å². The van der Waals surface area contributed by atoms with Crippen molar-refractivity contribution in [1.82, 2.24) is 0 Å². The molecule has 0 aromatic heterocycles. The SMILES string of the molecule is C[C@H]1[C@@H](O)OC[C@@]23OCC[C@H]2[C@H](C)CC[C@@H]13. The van der Waals surface area contributed by atoms with Crippen molar-refractivity contribution in [2.75, 3.05) is 13.2 Å². The predicted molar refractivity (Wildman–Crippen MR) is 59.8 cm³/mol. The average Bonchev–Trinajstić information content (AvgIpc) is 2.69. The molecule has 2 saturated heterocycles. The Morgan fingerprint density at radius 2 is 1.94 bits per heavy atom. The van der Waals surface area contributed by atoms with Gasteiger partial charge in [0, 0.05) is 12.5 Å². The number of hydrogen-bond acceptors (Lipinski definition) is 3. The fraction of sp³-hybridized carbons (Fsp3) is 1.00. The second-order valence-corrected chi connectivity index (χ2v) is 5.92. The molecule has 0 radical (unpaired) electrons. The summed E-state index contributed by atoms with van der Waals surface area (Å²) in [5, 5.41) is 9.82. The van der Waals surface area contributed by atoms with E-state index in [2.05, 4.69) is 13.8 Å². The summed E-state index contributed by atoms with van der Waals surface area (Å²) in [5.41, 5.74) is -0.0731. The van der Waals surface area contributed by atoms with Crippen LogP contribution in [0.25, 0.3) is 0 Å². The van der Waals surface area contributed by atoms with E-state index in [1.54, 1.807) is 0 Å². The van der Waals surface area contributed by atoms with Crippen LogP contribution in [-0.4, -0.2) is 30.2 Å². The summed E-state index contributed by atoms with van der Waals surface area (Å²) in [5.74, 6) is 2.08. The maximum Gasteiger partial charge on any atom is 0.157 e. The number of ether oxygens (including phenoxy) is 2. The third-order valence-electron chi connectivity index (χ3n) is 5.24. The van der Waals surface area contributed by atoms with Crippen molar-refractivity contribution in [3.8, 4) is 0 Å². The lowest BCUT2D eigenvalue weighted by Crippen LogP contribution is -2.60. The van der Waals surface area contributed by atoms with Gasteiger partial charge in [-0.15, -0.1) is 0 Å².